The maximum absolute atomic E-state index is 11.8. The summed E-state index contributed by atoms with van der Waals surface area (Å²) in [6.45, 7) is 1.77. The third kappa shape index (κ3) is 4.40. The molecule has 0 atom stereocenters. The lowest BCUT2D eigenvalue weighted by Crippen LogP contribution is -2.39. The van der Waals surface area contributed by atoms with E-state index in [1.54, 1.807) is 13.0 Å². The Kier molecular flexibility index (Phi) is 5.08. The van der Waals surface area contributed by atoms with E-state index in [0.717, 1.165) is 12.8 Å². The maximum atomic E-state index is 11.8. The minimum absolute atomic E-state index is 0.0211. The highest BCUT2D eigenvalue weighted by molar-refractivity contribution is 5.80. The predicted octanol–water partition coefficient (Wildman–Crippen LogP) is 2.16. The molecule has 0 bridgehead atoms. The van der Waals surface area contributed by atoms with Crippen molar-refractivity contribution in [2.45, 2.75) is 45.1 Å². The minimum atomic E-state index is -0.470. The zero-order chi connectivity index (χ0) is 15.2. The minimum Gasteiger partial charge on any atom is -0.361 e. The van der Waals surface area contributed by atoms with Crippen LogP contribution in [0.15, 0.2) is 12.3 Å². The topological polar surface area (TPSA) is 97.2 Å². The monoisotopic (exact) mass is 292 g/mol. The van der Waals surface area contributed by atoms with Crippen molar-refractivity contribution in [3.63, 3.8) is 0 Å². The summed E-state index contributed by atoms with van der Waals surface area (Å²) in [6, 6.07) is 1.85. The fourth-order valence-electron chi connectivity index (χ4n) is 2.53. The molecule has 7 heteroatoms. The number of rotatable bonds is 5. The molecule has 0 radical (unpaired) electrons. The Hall–Kier alpha value is -2.18. The van der Waals surface area contributed by atoms with Crippen molar-refractivity contribution in [1.29, 1.82) is 0 Å². The van der Waals surface area contributed by atoms with Gasteiger partial charge in [-0.05, 0) is 25.8 Å². The zero-order valence-electron chi connectivity index (χ0n) is 12.1. The van der Waals surface area contributed by atoms with Gasteiger partial charge in [0, 0.05) is 11.6 Å². The van der Waals surface area contributed by atoms with E-state index < -0.39 is 4.92 Å². The molecule has 1 aliphatic carbocycles. The first-order valence-electron chi connectivity index (χ1n) is 7.20. The standard InChI is InChI=1S/C14H20N4O3/c1-10-7-13(15-8-12(10)18(20)21)16-9-14(19)17-11-5-3-2-4-6-11/h7-8,11H,2-6,9H2,1H3,(H,15,16)(H,17,19). The van der Waals surface area contributed by atoms with Crippen LogP contribution < -0.4 is 10.6 Å². The van der Waals surface area contributed by atoms with Crippen molar-refractivity contribution in [1.82, 2.24) is 10.3 Å². The van der Waals surface area contributed by atoms with Gasteiger partial charge in [0.15, 0.2) is 0 Å². The van der Waals surface area contributed by atoms with Crippen LogP contribution in [0.1, 0.15) is 37.7 Å². The number of carbonyl (C=O) groups excluding carboxylic acids is 1. The van der Waals surface area contributed by atoms with Gasteiger partial charge in [-0.1, -0.05) is 19.3 Å². The fraction of sp³-hybridized carbons (Fsp3) is 0.571. The zero-order valence-corrected chi connectivity index (χ0v) is 12.1. The second kappa shape index (κ2) is 7.01. The van der Waals surface area contributed by atoms with Gasteiger partial charge in [-0.2, -0.15) is 0 Å². The number of pyridine rings is 1. The Balaban J connectivity index is 1.83. The number of anilines is 1. The van der Waals surface area contributed by atoms with E-state index >= 15 is 0 Å². The van der Waals surface area contributed by atoms with Crippen molar-refractivity contribution in [3.8, 4) is 0 Å². The summed E-state index contributed by atoms with van der Waals surface area (Å²) in [7, 11) is 0. The molecule has 2 N–H and O–H groups in total. The third-order valence-corrected chi connectivity index (χ3v) is 3.68. The number of hydrogen-bond donors (Lipinski definition) is 2. The lowest BCUT2D eigenvalue weighted by molar-refractivity contribution is -0.385. The molecule has 0 aromatic carbocycles. The average molecular weight is 292 g/mol. The molecular formula is C14H20N4O3. The third-order valence-electron chi connectivity index (χ3n) is 3.68. The van der Waals surface area contributed by atoms with Crippen molar-refractivity contribution >= 4 is 17.4 Å². The molecular weight excluding hydrogens is 272 g/mol. The molecule has 0 aliphatic heterocycles. The average Bonchev–Trinajstić information content (AvgIpc) is 2.46. The van der Waals surface area contributed by atoms with Gasteiger partial charge in [0.2, 0.25) is 5.91 Å². The summed E-state index contributed by atoms with van der Waals surface area (Å²) in [5.74, 6) is 0.400. The van der Waals surface area contributed by atoms with Gasteiger partial charge < -0.3 is 10.6 Å². The summed E-state index contributed by atoms with van der Waals surface area (Å²) in [4.78, 5) is 26.0. The Labute approximate surface area is 123 Å². The van der Waals surface area contributed by atoms with Crippen molar-refractivity contribution < 1.29 is 9.72 Å². The van der Waals surface area contributed by atoms with E-state index in [4.69, 9.17) is 0 Å². The lowest BCUT2D eigenvalue weighted by Gasteiger charge is -2.22. The van der Waals surface area contributed by atoms with Crippen molar-refractivity contribution in [3.05, 3.63) is 27.9 Å². The summed E-state index contributed by atoms with van der Waals surface area (Å²) < 4.78 is 0. The molecule has 1 saturated carbocycles. The van der Waals surface area contributed by atoms with Gasteiger partial charge >= 0.3 is 0 Å². The number of nitrogens with one attached hydrogen (secondary N) is 2. The van der Waals surface area contributed by atoms with Gasteiger partial charge in [-0.3, -0.25) is 14.9 Å². The van der Waals surface area contributed by atoms with Crippen LogP contribution in [-0.2, 0) is 4.79 Å². The summed E-state index contributed by atoms with van der Waals surface area (Å²) in [5, 5.41) is 16.6. The first kappa shape index (κ1) is 15.2. The smallest absolute Gasteiger partial charge is 0.290 e. The number of hydrogen-bond acceptors (Lipinski definition) is 5. The Morgan fingerprint density at radius 2 is 2.14 bits per heavy atom. The molecule has 0 saturated heterocycles. The summed E-state index contributed by atoms with van der Waals surface area (Å²) in [5.41, 5.74) is 0.498. The molecule has 1 fully saturated rings. The Bertz CT molecular complexity index is 527. The molecule has 114 valence electrons. The number of nitro groups is 1. The molecule has 1 heterocycles. The van der Waals surface area contributed by atoms with Gasteiger partial charge in [-0.25, -0.2) is 4.98 Å². The summed E-state index contributed by atoms with van der Waals surface area (Å²) >= 11 is 0. The highest BCUT2D eigenvalue weighted by Gasteiger charge is 2.16. The van der Waals surface area contributed by atoms with E-state index in [2.05, 4.69) is 15.6 Å². The van der Waals surface area contributed by atoms with E-state index in [-0.39, 0.29) is 24.2 Å². The number of nitrogens with zero attached hydrogens (tertiary/aromatic N) is 2. The van der Waals surface area contributed by atoms with Crippen molar-refractivity contribution in [2.24, 2.45) is 0 Å². The normalized spacial score (nSPS) is 15.5. The number of amides is 1. The van der Waals surface area contributed by atoms with Crippen LogP contribution in [0.5, 0.6) is 0 Å². The second-order valence-electron chi connectivity index (χ2n) is 5.37. The number of aryl methyl sites for hydroxylation is 1. The fourth-order valence-corrected chi connectivity index (χ4v) is 2.53. The van der Waals surface area contributed by atoms with E-state index in [0.29, 0.717) is 11.4 Å². The molecule has 1 aliphatic rings. The highest BCUT2D eigenvalue weighted by atomic mass is 16.6. The van der Waals surface area contributed by atoms with Gasteiger partial charge in [0.1, 0.15) is 12.0 Å². The molecule has 1 amide bonds. The molecule has 0 unspecified atom stereocenters. The largest absolute Gasteiger partial charge is 0.361 e. The number of aromatic nitrogens is 1. The van der Waals surface area contributed by atoms with Crippen LogP contribution in [0.25, 0.3) is 0 Å². The van der Waals surface area contributed by atoms with Gasteiger partial charge in [0.05, 0.1) is 11.5 Å². The molecule has 7 nitrogen and oxygen atoms in total. The van der Waals surface area contributed by atoms with Crippen LogP contribution in [0, 0.1) is 17.0 Å². The van der Waals surface area contributed by atoms with Crippen LogP contribution in [-0.4, -0.2) is 28.4 Å². The Morgan fingerprint density at radius 3 is 2.76 bits per heavy atom. The highest BCUT2D eigenvalue weighted by Crippen LogP contribution is 2.19. The maximum Gasteiger partial charge on any atom is 0.290 e. The quantitative estimate of drug-likeness (QED) is 0.640. The van der Waals surface area contributed by atoms with Gasteiger partial charge in [0.25, 0.3) is 5.69 Å². The van der Waals surface area contributed by atoms with Crippen LogP contribution >= 0.6 is 0 Å². The molecule has 2 rings (SSSR count). The SMILES string of the molecule is Cc1cc(NCC(=O)NC2CCCCC2)ncc1[N+](=O)[O-]. The number of carbonyl (C=O) groups is 1. The van der Waals surface area contributed by atoms with Crippen LogP contribution in [0.2, 0.25) is 0 Å². The first-order valence-corrected chi connectivity index (χ1v) is 7.20. The van der Waals surface area contributed by atoms with Gasteiger partial charge in [-0.15, -0.1) is 0 Å². The summed E-state index contributed by atoms with van der Waals surface area (Å²) in [6.07, 6.45) is 6.87. The molecule has 0 spiro atoms. The van der Waals surface area contributed by atoms with Crippen LogP contribution in [0.3, 0.4) is 0 Å². The van der Waals surface area contributed by atoms with Crippen LogP contribution in [0.4, 0.5) is 11.5 Å². The molecule has 21 heavy (non-hydrogen) atoms. The lowest BCUT2D eigenvalue weighted by atomic mass is 9.95. The molecule has 1 aromatic heterocycles. The van der Waals surface area contributed by atoms with E-state index in [1.807, 2.05) is 0 Å². The van der Waals surface area contributed by atoms with Crippen molar-refractivity contribution in [2.75, 3.05) is 11.9 Å². The van der Waals surface area contributed by atoms with E-state index in [1.165, 1.54) is 25.5 Å². The second-order valence-corrected chi connectivity index (χ2v) is 5.37. The first-order chi connectivity index (χ1) is 10.1. The Morgan fingerprint density at radius 1 is 1.43 bits per heavy atom. The van der Waals surface area contributed by atoms with E-state index in [9.17, 15) is 14.9 Å². The predicted molar refractivity (Wildman–Crippen MR) is 79.1 cm³/mol. The molecule has 1 aromatic rings.